The molecule has 1 heterocycles. The number of hydrogen-bond donors (Lipinski definition) is 2. The zero-order valence-electron chi connectivity index (χ0n) is 12.4. The van der Waals surface area contributed by atoms with Crippen LogP contribution in [0.5, 0.6) is 0 Å². The summed E-state index contributed by atoms with van der Waals surface area (Å²) in [4.78, 5) is 8.61. The van der Waals surface area contributed by atoms with Crippen LogP contribution in [0.1, 0.15) is 12.5 Å². The predicted molar refractivity (Wildman–Crippen MR) is 94.5 cm³/mol. The third kappa shape index (κ3) is 8.63. The minimum Gasteiger partial charge on any atom is -0.357 e. The Balaban J connectivity index is 2.30. The Morgan fingerprint density at radius 3 is 3.00 bits per heavy atom. The van der Waals surface area contributed by atoms with Gasteiger partial charge in [-0.1, -0.05) is 23.7 Å². The van der Waals surface area contributed by atoms with E-state index < -0.39 is 0 Å². The van der Waals surface area contributed by atoms with Gasteiger partial charge in [-0.15, -0.1) is 6.58 Å². The molecule has 21 heavy (non-hydrogen) atoms. The number of aliphatic imine (C=N–C) groups is 1. The van der Waals surface area contributed by atoms with Gasteiger partial charge in [-0.3, -0.25) is 4.99 Å². The molecule has 0 amide bonds. The van der Waals surface area contributed by atoms with E-state index in [2.05, 4.69) is 34.1 Å². The van der Waals surface area contributed by atoms with E-state index in [0.717, 1.165) is 49.1 Å². The quantitative estimate of drug-likeness (QED) is 0.241. The highest BCUT2D eigenvalue weighted by Crippen LogP contribution is 2.05. The largest absolute Gasteiger partial charge is 0.357 e. The molecule has 0 fully saturated rings. The van der Waals surface area contributed by atoms with Crippen molar-refractivity contribution < 1.29 is 0 Å². The van der Waals surface area contributed by atoms with Gasteiger partial charge >= 0.3 is 0 Å². The second-order valence-corrected chi connectivity index (χ2v) is 5.83. The maximum atomic E-state index is 5.77. The molecular weight excluding hydrogens is 304 g/mol. The molecule has 0 aliphatic carbocycles. The molecule has 2 N–H and O–H groups in total. The van der Waals surface area contributed by atoms with Crippen molar-refractivity contribution in [1.29, 1.82) is 0 Å². The Labute approximate surface area is 136 Å². The van der Waals surface area contributed by atoms with Crippen molar-refractivity contribution in [2.45, 2.75) is 13.3 Å². The first-order valence-corrected chi connectivity index (χ1v) is 8.60. The number of aromatic nitrogens is 1. The highest BCUT2D eigenvalue weighted by molar-refractivity contribution is 7.99. The zero-order chi connectivity index (χ0) is 15.3. The van der Waals surface area contributed by atoms with E-state index >= 15 is 0 Å². The third-order valence-corrected chi connectivity index (χ3v) is 3.75. The number of thioether (sulfide) groups is 1. The Morgan fingerprint density at radius 1 is 1.48 bits per heavy atom. The molecule has 1 rings (SSSR count). The molecule has 0 spiro atoms. The minimum atomic E-state index is 0.527. The van der Waals surface area contributed by atoms with E-state index in [1.807, 2.05) is 30.0 Å². The number of hydrogen-bond acceptors (Lipinski definition) is 3. The molecule has 0 radical (unpaired) electrons. The van der Waals surface area contributed by atoms with Gasteiger partial charge in [-0.05, 0) is 25.0 Å². The molecule has 0 unspecified atom stereocenters. The van der Waals surface area contributed by atoms with Crippen molar-refractivity contribution in [3.05, 3.63) is 41.7 Å². The molecule has 0 bridgehead atoms. The zero-order valence-corrected chi connectivity index (χ0v) is 14.0. The van der Waals surface area contributed by atoms with E-state index in [-0.39, 0.29) is 0 Å². The van der Waals surface area contributed by atoms with Crippen molar-refractivity contribution in [2.75, 3.05) is 31.1 Å². The molecule has 116 valence electrons. The molecule has 6 heteroatoms. The lowest BCUT2D eigenvalue weighted by molar-refractivity contribution is 0.802. The number of halogens is 1. The standard InChI is InChI=1S/C15H23ClN4S/c1-3-10-21-11-9-19-15(17-4-2)18-8-7-13-5-6-14(16)20-12-13/h3,5-6,12H,1,4,7-11H2,2H3,(H2,17,18,19). The van der Waals surface area contributed by atoms with Crippen molar-refractivity contribution in [3.63, 3.8) is 0 Å². The van der Waals surface area contributed by atoms with Crippen LogP contribution in [-0.4, -0.2) is 42.1 Å². The van der Waals surface area contributed by atoms with Gasteiger partial charge in [0.05, 0.1) is 6.54 Å². The Hall–Kier alpha value is -1.20. The molecule has 1 aromatic rings. The summed E-state index contributed by atoms with van der Waals surface area (Å²) < 4.78 is 0. The van der Waals surface area contributed by atoms with Gasteiger partial charge in [-0.25, -0.2) is 4.98 Å². The van der Waals surface area contributed by atoms with Gasteiger partial charge in [0.15, 0.2) is 5.96 Å². The summed E-state index contributed by atoms with van der Waals surface area (Å²) in [6, 6.07) is 3.81. The first-order valence-electron chi connectivity index (χ1n) is 7.07. The second-order valence-electron chi connectivity index (χ2n) is 4.29. The lowest BCUT2D eigenvalue weighted by atomic mass is 10.2. The van der Waals surface area contributed by atoms with Crippen LogP contribution in [0.25, 0.3) is 0 Å². The molecule has 1 aromatic heterocycles. The Morgan fingerprint density at radius 2 is 2.33 bits per heavy atom. The number of pyridine rings is 1. The first kappa shape index (κ1) is 17.9. The molecule has 0 saturated heterocycles. The molecule has 0 saturated carbocycles. The maximum Gasteiger partial charge on any atom is 0.191 e. The number of guanidine groups is 1. The van der Waals surface area contributed by atoms with Crippen molar-refractivity contribution >= 4 is 29.3 Å². The average Bonchev–Trinajstić information content (AvgIpc) is 2.49. The predicted octanol–water partition coefficient (Wildman–Crippen LogP) is 2.75. The highest BCUT2D eigenvalue weighted by Gasteiger charge is 1.98. The van der Waals surface area contributed by atoms with Crippen LogP contribution in [0.15, 0.2) is 36.0 Å². The van der Waals surface area contributed by atoms with Crippen LogP contribution in [0.2, 0.25) is 5.15 Å². The minimum absolute atomic E-state index is 0.527. The summed E-state index contributed by atoms with van der Waals surface area (Å²) in [5.41, 5.74) is 1.16. The van der Waals surface area contributed by atoms with Crippen molar-refractivity contribution in [3.8, 4) is 0 Å². The lowest BCUT2D eigenvalue weighted by Gasteiger charge is -2.11. The van der Waals surface area contributed by atoms with E-state index in [4.69, 9.17) is 11.6 Å². The smallest absolute Gasteiger partial charge is 0.191 e. The second kappa shape index (κ2) is 11.5. The van der Waals surface area contributed by atoms with Gasteiger partial charge in [0, 0.05) is 30.8 Å². The van der Waals surface area contributed by atoms with Gasteiger partial charge in [0.25, 0.3) is 0 Å². The number of nitrogens with one attached hydrogen (secondary N) is 2. The average molecular weight is 327 g/mol. The summed E-state index contributed by atoms with van der Waals surface area (Å²) in [5, 5.41) is 7.09. The fraction of sp³-hybridized carbons (Fsp3) is 0.467. The summed E-state index contributed by atoms with van der Waals surface area (Å²) in [6.07, 6.45) is 4.61. The molecule has 0 atom stereocenters. The van der Waals surface area contributed by atoms with Gasteiger partial charge in [-0.2, -0.15) is 11.8 Å². The van der Waals surface area contributed by atoms with Crippen LogP contribution < -0.4 is 10.6 Å². The topological polar surface area (TPSA) is 49.3 Å². The van der Waals surface area contributed by atoms with Crippen LogP contribution >= 0.6 is 23.4 Å². The molecule has 4 nitrogen and oxygen atoms in total. The molecule has 0 aliphatic heterocycles. The van der Waals surface area contributed by atoms with Crippen LogP contribution in [0.3, 0.4) is 0 Å². The van der Waals surface area contributed by atoms with Crippen LogP contribution in [0.4, 0.5) is 0 Å². The van der Waals surface area contributed by atoms with Crippen LogP contribution in [0, 0.1) is 0 Å². The van der Waals surface area contributed by atoms with Crippen LogP contribution in [-0.2, 0) is 6.42 Å². The third-order valence-electron chi connectivity index (χ3n) is 2.58. The number of nitrogens with zero attached hydrogens (tertiary/aromatic N) is 2. The first-order chi connectivity index (χ1) is 10.3. The summed E-state index contributed by atoms with van der Waals surface area (Å²) >= 11 is 7.60. The lowest BCUT2D eigenvalue weighted by Crippen LogP contribution is -2.38. The normalized spacial score (nSPS) is 11.2. The van der Waals surface area contributed by atoms with Gasteiger partial charge < -0.3 is 10.6 Å². The molecular formula is C15H23ClN4S. The van der Waals surface area contributed by atoms with Crippen molar-refractivity contribution in [1.82, 2.24) is 15.6 Å². The SMILES string of the molecule is C=CCSCCN=C(NCC)NCCc1ccc(Cl)nc1. The maximum absolute atomic E-state index is 5.77. The Kier molecular flexibility index (Phi) is 9.74. The van der Waals surface area contributed by atoms with E-state index in [1.165, 1.54) is 0 Å². The molecule has 0 aliphatic rings. The monoisotopic (exact) mass is 326 g/mol. The van der Waals surface area contributed by atoms with E-state index in [1.54, 1.807) is 6.20 Å². The van der Waals surface area contributed by atoms with Crippen molar-refractivity contribution in [2.24, 2.45) is 4.99 Å². The van der Waals surface area contributed by atoms with Gasteiger partial charge in [0.1, 0.15) is 5.15 Å². The van der Waals surface area contributed by atoms with E-state index in [0.29, 0.717) is 5.15 Å². The fourth-order valence-electron chi connectivity index (χ4n) is 1.61. The van der Waals surface area contributed by atoms with Gasteiger partial charge in [0.2, 0.25) is 0 Å². The fourth-order valence-corrected chi connectivity index (χ4v) is 2.28. The summed E-state index contributed by atoms with van der Waals surface area (Å²) in [7, 11) is 0. The van der Waals surface area contributed by atoms with E-state index in [9.17, 15) is 0 Å². The summed E-state index contributed by atoms with van der Waals surface area (Å²) in [6.45, 7) is 8.24. The number of rotatable bonds is 9. The summed E-state index contributed by atoms with van der Waals surface area (Å²) in [5.74, 6) is 2.84. The highest BCUT2D eigenvalue weighted by atomic mass is 35.5. The Bertz CT molecular complexity index is 434. The molecule has 0 aromatic carbocycles.